The minimum Gasteiger partial charge on any atom is -0.370 e. The highest BCUT2D eigenvalue weighted by atomic mass is 32.2. The zero-order valence-corrected chi connectivity index (χ0v) is 19.4. The Bertz CT molecular complexity index is 1300. The van der Waals surface area contributed by atoms with Crippen molar-refractivity contribution < 1.29 is 8.42 Å². The molecule has 0 amide bonds. The first-order valence-electron chi connectivity index (χ1n) is 11.3. The van der Waals surface area contributed by atoms with Gasteiger partial charge in [-0.2, -0.15) is 0 Å². The topological polar surface area (TPSA) is 111 Å². The number of sulfonamides is 1. The van der Waals surface area contributed by atoms with Crippen LogP contribution in [0, 0.1) is 0 Å². The molecule has 9 nitrogen and oxygen atoms in total. The number of hydrogen-bond donors (Lipinski definition) is 2. The molecule has 3 aromatic rings. The number of benzene rings is 1. The third-order valence-corrected chi connectivity index (χ3v) is 7.20. The Morgan fingerprint density at radius 2 is 1.85 bits per heavy atom. The second kappa shape index (κ2) is 8.75. The molecule has 1 aromatic carbocycles. The van der Waals surface area contributed by atoms with Crippen molar-refractivity contribution >= 4 is 32.4 Å². The molecule has 0 radical (unpaired) electrons. The lowest BCUT2D eigenvalue weighted by Gasteiger charge is -2.37. The van der Waals surface area contributed by atoms with Crippen LogP contribution in [0.2, 0.25) is 0 Å². The van der Waals surface area contributed by atoms with Crippen LogP contribution in [0.5, 0.6) is 0 Å². The van der Waals surface area contributed by atoms with Gasteiger partial charge in [-0.3, -0.25) is 14.4 Å². The molecule has 0 spiro atoms. The first kappa shape index (κ1) is 21.8. The maximum atomic E-state index is 12.4. The Morgan fingerprint density at radius 3 is 2.58 bits per heavy atom. The van der Waals surface area contributed by atoms with E-state index in [4.69, 9.17) is 4.98 Å². The summed E-state index contributed by atoms with van der Waals surface area (Å²) in [5, 5.41) is 0.637. The SMILES string of the molecule is CS(=O)(=O)Nc1ccc(N2CCC(N3CCC(c4nc5ccccc5c(=O)[nH]4)C3)CC2)cn1. The van der Waals surface area contributed by atoms with E-state index >= 15 is 0 Å². The van der Waals surface area contributed by atoms with Gasteiger partial charge in [-0.25, -0.2) is 18.4 Å². The van der Waals surface area contributed by atoms with E-state index in [1.54, 1.807) is 12.3 Å². The standard InChI is InChI=1S/C23H28N6O3S/c1-33(31,32)27-21-7-6-18(14-24-21)28-12-9-17(10-13-28)29-11-8-16(15-29)22-25-20-5-3-2-4-19(20)23(30)26-22/h2-7,14,16-17H,8-13,15H2,1H3,(H,24,27)(H,25,26,30). The number of likely N-dealkylation sites (tertiary alicyclic amines) is 1. The average molecular weight is 469 g/mol. The van der Waals surface area contributed by atoms with E-state index in [0.717, 1.165) is 68.7 Å². The molecule has 2 saturated heterocycles. The quantitative estimate of drug-likeness (QED) is 0.590. The van der Waals surface area contributed by atoms with E-state index in [-0.39, 0.29) is 11.5 Å². The second-order valence-corrected chi connectivity index (χ2v) is 10.7. The number of pyridine rings is 1. The smallest absolute Gasteiger partial charge is 0.258 e. The van der Waals surface area contributed by atoms with E-state index in [0.29, 0.717) is 17.2 Å². The van der Waals surface area contributed by atoms with Gasteiger partial charge in [0.2, 0.25) is 10.0 Å². The Balaban J connectivity index is 1.19. The van der Waals surface area contributed by atoms with Crippen LogP contribution in [0.3, 0.4) is 0 Å². The van der Waals surface area contributed by atoms with Crippen LogP contribution in [-0.4, -0.2) is 66.7 Å². The van der Waals surface area contributed by atoms with E-state index in [1.165, 1.54) is 0 Å². The molecule has 2 aliphatic heterocycles. The van der Waals surface area contributed by atoms with Crippen molar-refractivity contribution in [3.8, 4) is 0 Å². The molecular formula is C23H28N6O3S. The molecule has 0 aliphatic carbocycles. The van der Waals surface area contributed by atoms with Crippen molar-refractivity contribution in [3.05, 3.63) is 58.8 Å². The minimum atomic E-state index is -3.33. The second-order valence-electron chi connectivity index (χ2n) is 8.94. The number of H-pyrrole nitrogens is 1. The van der Waals surface area contributed by atoms with E-state index in [2.05, 4.69) is 24.5 Å². The molecule has 0 saturated carbocycles. The zero-order chi connectivity index (χ0) is 23.0. The molecule has 2 aliphatic rings. The first-order valence-corrected chi connectivity index (χ1v) is 13.2. The van der Waals surface area contributed by atoms with Crippen molar-refractivity contribution in [2.45, 2.75) is 31.2 Å². The molecule has 0 bridgehead atoms. The molecule has 33 heavy (non-hydrogen) atoms. The van der Waals surface area contributed by atoms with Gasteiger partial charge < -0.3 is 9.88 Å². The van der Waals surface area contributed by atoms with Crippen molar-refractivity contribution in [1.82, 2.24) is 19.9 Å². The van der Waals surface area contributed by atoms with Crippen LogP contribution in [0.1, 0.15) is 31.0 Å². The van der Waals surface area contributed by atoms with Gasteiger partial charge in [-0.1, -0.05) is 12.1 Å². The molecule has 174 valence electrons. The van der Waals surface area contributed by atoms with Crippen molar-refractivity contribution in [2.24, 2.45) is 0 Å². The van der Waals surface area contributed by atoms with Gasteiger partial charge >= 0.3 is 0 Å². The van der Waals surface area contributed by atoms with E-state index in [9.17, 15) is 13.2 Å². The lowest BCUT2D eigenvalue weighted by molar-refractivity contribution is 0.205. The number of anilines is 2. The van der Waals surface area contributed by atoms with Crippen molar-refractivity contribution in [2.75, 3.05) is 42.1 Å². The molecule has 2 fully saturated rings. The summed E-state index contributed by atoms with van der Waals surface area (Å²) in [6.45, 7) is 3.79. The van der Waals surface area contributed by atoms with Crippen LogP contribution in [0.25, 0.3) is 10.9 Å². The fraction of sp³-hybridized carbons (Fsp3) is 0.435. The summed E-state index contributed by atoms with van der Waals surface area (Å²) in [7, 11) is -3.33. The Morgan fingerprint density at radius 1 is 1.06 bits per heavy atom. The molecular weight excluding hydrogens is 440 g/mol. The number of rotatable bonds is 5. The predicted octanol–water partition coefficient (Wildman–Crippen LogP) is 2.15. The fourth-order valence-electron chi connectivity index (χ4n) is 4.95. The van der Waals surface area contributed by atoms with Crippen LogP contribution >= 0.6 is 0 Å². The third-order valence-electron chi connectivity index (χ3n) is 6.62. The zero-order valence-electron chi connectivity index (χ0n) is 18.6. The fourth-order valence-corrected chi connectivity index (χ4v) is 5.45. The van der Waals surface area contributed by atoms with Gasteiger partial charge in [0.05, 0.1) is 29.0 Å². The van der Waals surface area contributed by atoms with Gasteiger partial charge in [-0.05, 0) is 50.1 Å². The van der Waals surface area contributed by atoms with E-state index in [1.807, 2.05) is 30.3 Å². The Hall–Kier alpha value is -2.98. The largest absolute Gasteiger partial charge is 0.370 e. The van der Waals surface area contributed by atoms with Gasteiger partial charge in [0.25, 0.3) is 5.56 Å². The maximum Gasteiger partial charge on any atom is 0.258 e. The van der Waals surface area contributed by atoms with Gasteiger partial charge in [0.15, 0.2) is 0 Å². The summed E-state index contributed by atoms with van der Waals surface area (Å²) >= 11 is 0. The lowest BCUT2D eigenvalue weighted by Crippen LogP contribution is -2.44. The van der Waals surface area contributed by atoms with Crippen LogP contribution < -0.4 is 15.2 Å². The highest BCUT2D eigenvalue weighted by Crippen LogP contribution is 2.30. The molecule has 5 rings (SSSR count). The number of piperidine rings is 1. The normalized spacial score (nSPS) is 20.4. The van der Waals surface area contributed by atoms with Gasteiger partial charge in [-0.15, -0.1) is 0 Å². The molecule has 2 aromatic heterocycles. The maximum absolute atomic E-state index is 12.4. The molecule has 1 atom stereocenters. The number of aromatic nitrogens is 3. The first-order chi connectivity index (χ1) is 15.9. The Kier molecular flexibility index (Phi) is 5.79. The predicted molar refractivity (Wildman–Crippen MR) is 129 cm³/mol. The van der Waals surface area contributed by atoms with E-state index < -0.39 is 10.0 Å². The number of fused-ring (bicyclic) bond motifs is 1. The summed E-state index contributed by atoms with van der Waals surface area (Å²) in [6, 6.07) is 11.6. The molecule has 10 heteroatoms. The highest BCUT2D eigenvalue weighted by molar-refractivity contribution is 7.92. The molecule has 2 N–H and O–H groups in total. The minimum absolute atomic E-state index is 0.0614. The van der Waals surface area contributed by atoms with Gasteiger partial charge in [0.1, 0.15) is 11.6 Å². The van der Waals surface area contributed by atoms with Crippen molar-refractivity contribution in [1.29, 1.82) is 0 Å². The van der Waals surface area contributed by atoms with Gasteiger partial charge in [0, 0.05) is 31.6 Å². The summed E-state index contributed by atoms with van der Waals surface area (Å²) in [4.78, 5) is 29.3. The lowest BCUT2D eigenvalue weighted by atomic mass is 10.0. The number of nitrogens with one attached hydrogen (secondary N) is 2. The summed E-state index contributed by atoms with van der Waals surface area (Å²) in [6.07, 6.45) is 5.95. The number of nitrogens with zero attached hydrogens (tertiary/aromatic N) is 4. The number of aromatic amines is 1. The summed E-state index contributed by atoms with van der Waals surface area (Å²) in [5.74, 6) is 1.38. The third kappa shape index (κ3) is 4.86. The number of hydrogen-bond acceptors (Lipinski definition) is 7. The van der Waals surface area contributed by atoms with Crippen LogP contribution in [0.15, 0.2) is 47.4 Å². The number of para-hydroxylation sites is 1. The summed E-state index contributed by atoms with van der Waals surface area (Å²) in [5.41, 5.74) is 1.70. The Labute approximate surface area is 192 Å². The monoisotopic (exact) mass is 468 g/mol. The average Bonchev–Trinajstić information content (AvgIpc) is 3.29. The van der Waals surface area contributed by atoms with Crippen LogP contribution in [0.4, 0.5) is 11.5 Å². The summed E-state index contributed by atoms with van der Waals surface area (Å²) < 4.78 is 25.1. The molecule has 4 heterocycles. The highest BCUT2D eigenvalue weighted by Gasteiger charge is 2.32. The van der Waals surface area contributed by atoms with Crippen molar-refractivity contribution in [3.63, 3.8) is 0 Å². The van der Waals surface area contributed by atoms with Crippen LogP contribution in [-0.2, 0) is 10.0 Å². The molecule has 1 unspecified atom stereocenters.